The summed E-state index contributed by atoms with van der Waals surface area (Å²) in [5, 5.41) is 16.4. The third-order valence-electron chi connectivity index (χ3n) is 3.05. The summed E-state index contributed by atoms with van der Waals surface area (Å²) in [6, 6.07) is 2.08. The third kappa shape index (κ3) is 2.17. The van der Waals surface area contributed by atoms with Crippen molar-refractivity contribution in [2.24, 2.45) is 0 Å². The Bertz CT molecular complexity index is 702. The van der Waals surface area contributed by atoms with Gasteiger partial charge in [0.15, 0.2) is 5.65 Å². The maximum atomic E-state index is 4.45. The highest BCUT2D eigenvalue weighted by Crippen LogP contribution is 2.22. The maximum Gasteiger partial charge on any atom is 0.205 e. The normalized spacial score (nSPS) is 12.8. The first-order valence-corrected chi connectivity index (χ1v) is 6.87. The second kappa shape index (κ2) is 4.58. The zero-order valence-corrected chi connectivity index (χ0v) is 11.8. The maximum absolute atomic E-state index is 4.45. The molecule has 0 saturated carbocycles. The molecule has 6 nitrogen and oxygen atoms in total. The number of nitrogens with zero attached hydrogens (tertiary/aromatic N) is 5. The molecule has 1 atom stereocenters. The van der Waals surface area contributed by atoms with Crippen molar-refractivity contribution in [3.8, 4) is 0 Å². The highest BCUT2D eigenvalue weighted by Gasteiger charge is 2.13. The standard InChI is InChI=1S/C12H14N6S/c1-7-4-11-13-5-10(9(3)18(11)17-7)8(2)15-12-16-14-6-19-12/h4-6,8H,1-3H3,(H,15,16). The molecular formula is C12H14N6S. The minimum atomic E-state index is 0.106. The third-order valence-corrected chi connectivity index (χ3v) is 3.67. The Labute approximate surface area is 114 Å². The van der Waals surface area contributed by atoms with Crippen molar-refractivity contribution < 1.29 is 0 Å². The minimum Gasteiger partial charge on any atom is -0.353 e. The molecule has 19 heavy (non-hydrogen) atoms. The molecule has 1 unspecified atom stereocenters. The summed E-state index contributed by atoms with van der Waals surface area (Å²) in [4.78, 5) is 4.44. The molecule has 0 aliphatic rings. The highest BCUT2D eigenvalue weighted by atomic mass is 32.1. The highest BCUT2D eigenvalue weighted by molar-refractivity contribution is 7.13. The summed E-state index contributed by atoms with van der Waals surface area (Å²) in [7, 11) is 0. The summed E-state index contributed by atoms with van der Waals surface area (Å²) >= 11 is 1.48. The predicted molar refractivity (Wildman–Crippen MR) is 74.4 cm³/mol. The topological polar surface area (TPSA) is 68.0 Å². The number of aromatic nitrogens is 5. The lowest BCUT2D eigenvalue weighted by Gasteiger charge is -2.15. The van der Waals surface area contributed by atoms with E-state index in [-0.39, 0.29) is 6.04 Å². The Balaban J connectivity index is 1.97. The van der Waals surface area contributed by atoms with Crippen LogP contribution in [-0.4, -0.2) is 24.8 Å². The quantitative estimate of drug-likeness (QED) is 0.794. The first-order chi connectivity index (χ1) is 9.15. The predicted octanol–water partition coefficient (Wildman–Crippen LogP) is 2.37. The van der Waals surface area contributed by atoms with Gasteiger partial charge in [-0.25, -0.2) is 9.50 Å². The molecule has 3 aromatic heterocycles. The molecule has 98 valence electrons. The molecule has 3 aromatic rings. The van der Waals surface area contributed by atoms with Gasteiger partial charge in [-0.2, -0.15) is 5.10 Å². The monoisotopic (exact) mass is 274 g/mol. The van der Waals surface area contributed by atoms with E-state index in [0.29, 0.717) is 0 Å². The summed E-state index contributed by atoms with van der Waals surface area (Å²) < 4.78 is 1.88. The van der Waals surface area contributed by atoms with Crippen LogP contribution in [0.4, 0.5) is 5.13 Å². The zero-order chi connectivity index (χ0) is 13.4. The van der Waals surface area contributed by atoms with Crippen LogP contribution in [0.2, 0.25) is 0 Å². The van der Waals surface area contributed by atoms with Gasteiger partial charge >= 0.3 is 0 Å². The molecule has 1 N–H and O–H groups in total. The number of hydrogen-bond donors (Lipinski definition) is 1. The minimum absolute atomic E-state index is 0.106. The first kappa shape index (κ1) is 12.0. The van der Waals surface area contributed by atoms with E-state index in [1.165, 1.54) is 11.3 Å². The van der Waals surface area contributed by atoms with Crippen molar-refractivity contribution in [1.82, 2.24) is 24.8 Å². The number of anilines is 1. The number of rotatable bonds is 3. The van der Waals surface area contributed by atoms with Crippen LogP contribution in [0.5, 0.6) is 0 Å². The van der Waals surface area contributed by atoms with Crippen molar-refractivity contribution in [1.29, 1.82) is 0 Å². The van der Waals surface area contributed by atoms with Crippen LogP contribution >= 0.6 is 11.3 Å². The van der Waals surface area contributed by atoms with Crippen LogP contribution in [0, 0.1) is 13.8 Å². The van der Waals surface area contributed by atoms with Gasteiger partial charge < -0.3 is 5.32 Å². The van der Waals surface area contributed by atoms with Gasteiger partial charge in [-0.1, -0.05) is 11.3 Å². The van der Waals surface area contributed by atoms with Crippen LogP contribution in [0.15, 0.2) is 17.8 Å². The Kier molecular flexibility index (Phi) is 2.90. The summed E-state index contributed by atoms with van der Waals surface area (Å²) in [6.45, 7) is 6.10. The molecule has 0 aromatic carbocycles. The van der Waals surface area contributed by atoms with E-state index in [1.807, 2.05) is 23.7 Å². The molecule has 0 fully saturated rings. The second-order valence-corrected chi connectivity index (χ2v) is 5.30. The fraction of sp³-hybridized carbons (Fsp3) is 0.333. The summed E-state index contributed by atoms with van der Waals surface area (Å²) in [5.41, 5.74) is 5.74. The number of aryl methyl sites for hydroxylation is 2. The second-order valence-electron chi connectivity index (χ2n) is 4.46. The van der Waals surface area contributed by atoms with E-state index in [4.69, 9.17) is 0 Å². The Morgan fingerprint density at radius 3 is 2.95 bits per heavy atom. The first-order valence-electron chi connectivity index (χ1n) is 5.99. The van der Waals surface area contributed by atoms with Crippen molar-refractivity contribution in [3.05, 3.63) is 34.7 Å². The Morgan fingerprint density at radius 2 is 2.21 bits per heavy atom. The van der Waals surface area contributed by atoms with E-state index in [9.17, 15) is 0 Å². The van der Waals surface area contributed by atoms with Crippen LogP contribution in [-0.2, 0) is 0 Å². The lowest BCUT2D eigenvalue weighted by Crippen LogP contribution is -2.11. The van der Waals surface area contributed by atoms with Gasteiger partial charge in [0.2, 0.25) is 5.13 Å². The molecule has 3 heterocycles. The molecular weight excluding hydrogens is 260 g/mol. The van der Waals surface area contributed by atoms with E-state index in [1.54, 1.807) is 5.51 Å². The molecule has 0 bridgehead atoms. The molecule has 0 spiro atoms. The van der Waals surface area contributed by atoms with E-state index < -0.39 is 0 Å². The summed E-state index contributed by atoms with van der Waals surface area (Å²) in [6.07, 6.45) is 1.89. The number of hydrogen-bond acceptors (Lipinski definition) is 6. The molecule has 0 aliphatic heterocycles. The molecule has 7 heteroatoms. The number of nitrogens with one attached hydrogen (secondary N) is 1. The molecule has 3 rings (SSSR count). The van der Waals surface area contributed by atoms with Gasteiger partial charge in [-0.3, -0.25) is 0 Å². The molecule has 0 aliphatic carbocycles. The van der Waals surface area contributed by atoms with E-state index in [2.05, 4.69) is 39.4 Å². The van der Waals surface area contributed by atoms with E-state index >= 15 is 0 Å². The van der Waals surface area contributed by atoms with Crippen molar-refractivity contribution >= 4 is 22.1 Å². The molecule has 0 saturated heterocycles. The fourth-order valence-corrected chi connectivity index (χ4v) is 2.63. The lowest BCUT2D eigenvalue weighted by molar-refractivity contribution is 0.795. The Hall–Kier alpha value is -2.02. The average molecular weight is 274 g/mol. The van der Waals surface area contributed by atoms with Crippen molar-refractivity contribution in [2.45, 2.75) is 26.8 Å². The van der Waals surface area contributed by atoms with Crippen molar-refractivity contribution in [3.63, 3.8) is 0 Å². The summed E-state index contributed by atoms with van der Waals surface area (Å²) in [5.74, 6) is 0. The fourth-order valence-electron chi connectivity index (χ4n) is 2.10. The molecule has 0 amide bonds. The molecule has 0 radical (unpaired) electrons. The largest absolute Gasteiger partial charge is 0.353 e. The zero-order valence-electron chi connectivity index (χ0n) is 11.0. The van der Waals surface area contributed by atoms with E-state index in [0.717, 1.165) is 27.7 Å². The van der Waals surface area contributed by atoms with Gasteiger partial charge in [-0.05, 0) is 20.8 Å². The smallest absolute Gasteiger partial charge is 0.205 e. The van der Waals surface area contributed by atoms with Crippen molar-refractivity contribution in [2.75, 3.05) is 5.32 Å². The van der Waals surface area contributed by atoms with Gasteiger partial charge in [0.1, 0.15) is 5.51 Å². The van der Waals surface area contributed by atoms with Gasteiger partial charge in [0.25, 0.3) is 0 Å². The number of fused-ring (bicyclic) bond motifs is 1. The van der Waals surface area contributed by atoms with Crippen LogP contribution in [0.1, 0.15) is 29.9 Å². The average Bonchev–Trinajstić information content (AvgIpc) is 2.98. The van der Waals surface area contributed by atoms with Gasteiger partial charge in [0.05, 0.1) is 11.7 Å². The van der Waals surface area contributed by atoms with Crippen LogP contribution in [0.25, 0.3) is 5.65 Å². The van der Waals surface area contributed by atoms with Crippen LogP contribution in [0.3, 0.4) is 0 Å². The Morgan fingerprint density at radius 1 is 1.37 bits per heavy atom. The van der Waals surface area contributed by atoms with Crippen LogP contribution < -0.4 is 5.32 Å². The van der Waals surface area contributed by atoms with Gasteiger partial charge in [-0.15, -0.1) is 10.2 Å². The SMILES string of the molecule is Cc1cc2ncc(C(C)Nc3nncs3)c(C)n2n1. The lowest BCUT2D eigenvalue weighted by atomic mass is 10.1. The van der Waals surface area contributed by atoms with Gasteiger partial charge in [0, 0.05) is 23.5 Å².